The van der Waals surface area contributed by atoms with Crippen LogP contribution in [0.4, 0.5) is 0 Å². The van der Waals surface area contributed by atoms with Crippen molar-refractivity contribution in [3.63, 3.8) is 0 Å². The molecule has 0 aliphatic carbocycles. The topological polar surface area (TPSA) is 67.6 Å². The van der Waals surface area contributed by atoms with Crippen molar-refractivity contribution in [1.82, 2.24) is 14.7 Å². The number of hydrogen-bond acceptors (Lipinski definition) is 4. The van der Waals surface area contributed by atoms with E-state index < -0.39 is 6.10 Å². The fraction of sp³-hybridized carbons (Fsp3) is 0.444. The van der Waals surface area contributed by atoms with Crippen LogP contribution in [0.25, 0.3) is 0 Å². The first kappa shape index (κ1) is 16.7. The number of aliphatic hydroxyl groups is 1. The summed E-state index contributed by atoms with van der Waals surface area (Å²) in [6, 6.07) is 9.63. The smallest absolute Gasteiger partial charge is 0.254 e. The molecule has 1 fully saturated rings. The molecule has 6 nitrogen and oxygen atoms in total. The molecular formula is C18H23N3O3. The highest BCUT2D eigenvalue weighted by Crippen LogP contribution is 2.13. The monoisotopic (exact) mass is 329 g/mol. The van der Waals surface area contributed by atoms with Crippen molar-refractivity contribution < 1.29 is 14.6 Å². The van der Waals surface area contributed by atoms with Gasteiger partial charge in [-0.25, -0.2) is 0 Å². The van der Waals surface area contributed by atoms with Gasteiger partial charge in [0.25, 0.3) is 5.91 Å². The third-order valence-corrected chi connectivity index (χ3v) is 4.14. The zero-order chi connectivity index (χ0) is 17.1. The van der Waals surface area contributed by atoms with Gasteiger partial charge in [-0.2, -0.15) is 5.10 Å². The highest BCUT2D eigenvalue weighted by Gasteiger charge is 2.22. The van der Waals surface area contributed by atoms with E-state index in [4.69, 9.17) is 4.74 Å². The Morgan fingerprint density at radius 1 is 1.38 bits per heavy atom. The van der Waals surface area contributed by atoms with Crippen LogP contribution in [0, 0.1) is 13.8 Å². The molecule has 0 bridgehead atoms. The van der Waals surface area contributed by atoms with Crippen LogP contribution in [-0.4, -0.2) is 58.1 Å². The van der Waals surface area contributed by atoms with Crippen LogP contribution in [-0.2, 0) is 11.3 Å². The molecule has 1 unspecified atom stereocenters. The molecule has 1 aromatic carbocycles. The van der Waals surface area contributed by atoms with Crippen molar-refractivity contribution >= 4 is 5.91 Å². The molecule has 1 aromatic heterocycles. The maximum atomic E-state index is 12.7. The number of rotatable bonds is 3. The van der Waals surface area contributed by atoms with Crippen molar-refractivity contribution in [2.45, 2.75) is 26.5 Å². The molecule has 0 saturated carbocycles. The van der Waals surface area contributed by atoms with Crippen LogP contribution < -0.4 is 0 Å². The fourth-order valence-corrected chi connectivity index (χ4v) is 2.97. The minimum absolute atomic E-state index is 0.0743. The van der Waals surface area contributed by atoms with Gasteiger partial charge < -0.3 is 14.7 Å². The van der Waals surface area contributed by atoms with Crippen LogP contribution in [0.5, 0.6) is 0 Å². The molecule has 2 aromatic rings. The van der Waals surface area contributed by atoms with E-state index in [-0.39, 0.29) is 12.5 Å². The highest BCUT2D eigenvalue weighted by atomic mass is 16.5. The molecule has 2 heterocycles. The van der Waals surface area contributed by atoms with Gasteiger partial charge in [0.2, 0.25) is 0 Å². The van der Waals surface area contributed by atoms with Crippen LogP contribution >= 0.6 is 0 Å². The molecule has 24 heavy (non-hydrogen) atoms. The predicted octanol–water partition coefficient (Wildman–Crippen LogP) is 1.38. The molecule has 1 atom stereocenters. The molecule has 1 aliphatic rings. The Balaban J connectivity index is 1.77. The summed E-state index contributed by atoms with van der Waals surface area (Å²) in [6.45, 7) is 6.16. The Kier molecular flexibility index (Phi) is 4.97. The molecule has 3 rings (SSSR count). The quantitative estimate of drug-likeness (QED) is 0.924. The lowest BCUT2D eigenvalue weighted by Crippen LogP contribution is -2.37. The van der Waals surface area contributed by atoms with Crippen LogP contribution in [0.15, 0.2) is 30.3 Å². The number of aromatic nitrogens is 2. The van der Waals surface area contributed by atoms with Gasteiger partial charge in [0.1, 0.15) is 0 Å². The van der Waals surface area contributed by atoms with E-state index in [0.29, 0.717) is 31.8 Å². The first-order valence-corrected chi connectivity index (χ1v) is 8.18. The average molecular weight is 329 g/mol. The Hall–Kier alpha value is -2.18. The minimum atomic E-state index is -0.630. The molecule has 6 heteroatoms. The lowest BCUT2D eigenvalue weighted by atomic mass is 10.1. The van der Waals surface area contributed by atoms with E-state index in [1.54, 1.807) is 4.90 Å². The summed E-state index contributed by atoms with van der Waals surface area (Å²) in [6.07, 6.45) is -0.630. The molecule has 1 saturated heterocycles. The van der Waals surface area contributed by atoms with Gasteiger partial charge in [0, 0.05) is 24.3 Å². The van der Waals surface area contributed by atoms with E-state index in [2.05, 4.69) is 5.10 Å². The summed E-state index contributed by atoms with van der Waals surface area (Å²) < 4.78 is 7.22. The summed E-state index contributed by atoms with van der Waals surface area (Å²) in [7, 11) is 0. The van der Waals surface area contributed by atoms with Crippen molar-refractivity contribution in [2.24, 2.45) is 0 Å². The second-order valence-corrected chi connectivity index (χ2v) is 6.27. The zero-order valence-electron chi connectivity index (χ0n) is 14.1. The van der Waals surface area contributed by atoms with Crippen LogP contribution in [0.3, 0.4) is 0 Å². The second kappa shape index (κ2) is 7.15. The van der Waals surface area contributed by atoms with Gasteiger partial charge in [0.05, 0.1) is 31.6 Å². The van der Waals surface area contributed by atoms with E-state index in [9.17, 15) is 9.90 Å². The summed E-state index contributed by atoms with van der Waals surface area (Å²) in [5.74, 6) is -0.0743. The Bertz CT molecular complexity index is 726. The van der Waals surface area contributed by atoms with Crippen molar-refractivity contribution in [3.05, 3.63) is 52.8 Å². The lowest BCUT2D eigenvalue weighted by Gasteiger charge is -2.21. The summed E-state index contributed by atoms with van der Waals surface area (Å²) in [5, 5.41) is 14.3. The maximum absolute atomic E-state index is 12.7. The highest BCUT2D eigenvalue weighted by molar-refractivity contribution is 5.94. The van der Waals surface area contributed by atoms with Crippen molar-refractivity contribution in [1.29, 1.82) is 0 Å². The number of aliphatic hydroxyl groups excluding tert-OH is 1. The zero-order valence-corrected chi connectivity index (χ0v) is 14.1. The van der Waals surface area contributed by atoms with E-state index >= 15 is 0 Å². The number of hydrogen-bond donors (Lipinski definition) is 1. The van der Waals surface area contributed by atoms with Gasteiger partial charge in [-0.1, -0.05) is 12.1 Å². The number of aryl methyl sites for hydroxylation is 2. The predicted molar refractivity (Wildman–Crippen MR) is 90.0 cm³/mol. The molecule has 0 radical (unpaired) electrons. The maximum Gasteiger partial charge on any atom is 0.254 e. The third-order valence-electron chi connectivity index (χ3n) is 4.14. The summed E-state index contributed by atoms with van der Waals surface area (Å²) >= 11 is 0. The molecule has 1 aliphatic heterocycles. The SMILES string of the molecule is Cc1cc(C)n(Cc2cccc(C(=O)N3CCOCC(O)C3)c2)n1. The normalized spacial score (nSPS) is 18.5. The number of carbonyl (C=O) groups is 1. The second-order valence-electron chi connectivity index (χ2n) is 6.27. The Labute approximate surface area is 141 Å². The number of nitrogens with zero attached hydrogens (tertiary/aromatic N) is 3. The molecule has 0 spiro atoms. The summed E-state index contributed by atoms with van der Waals surface area (Å²) in [4.78, 5) is 14.4. The standard InChI is InChI=1S/C18H23N3O3/c1-13-8-14(2)21(19-13)10-15-4-3-5-16(9-15)18(23)20-6-7-24-12-17(22)11-20/h3-5,8-9,17,22H,6-7,10-12H2,1-2H3. The number of β-amino-alcohol motifs (C(OH)–C–C–N with tert-alkyl or cyclic N) is 1. The number of benzene rings is 1. The van der Waals surface area contributed by atoms with E-state index in [0.717, 1.165) is 17.0 Å². The lowest BCUT2D eigenvalue weighted by molar-refractivity contribution is 0.0534. The van der Waals surface area contributed by atoms with Crippen molar-refractivity contribution in [3.8, 4) is 0 Å². The largest absolute Gasteiger partial charge is 0.389 e. The first-order chi connectivity index (χ1) is 11.5. The van der Waals surface area contributed by atoms with Gasteiger partial charge in [0.15, 0.2) is 0 Å². The van der Waals surface area contributed by atoms with Gasteiger partial charge in [-0.3, -0.25) is 9.48 Å². The molecule has 1 N–H and O–H groups in total. The Morgan fingerprint density at radius 3 is 2.96 bits per heavy atom. The minimum Gasteiger partial charge on any atom is -0.389 e. The molecular weight excluding hydrogens is 306 g/mol. The van der Waals surface area contributed by atoms with Gasteiger partial charge >= 0.3 is 0 Å². The molecule has 128 valence electrons. The van der Waals surface area contributed by atoms with Crippen LogP contribution in [0.2, 0.25) is 0 Å². The number of amides is 1. The summed E-state index contributed by atoms with van der Waals surface area (Å²) in [5.41, 5.74) is 3.73. The fourth-order valence-electron chi connectivity index (χ4n) is 2.97. The molecule has 1 amide bonds. The van der Waals surface area contributed by atoms with Gasteiger partial charge in [-0.15, -0.1) is 0 Å². The Morgan fingerprint density at radius 2 is 2.21 bits per heavy atom. The van der Waals surface area contributed by atoms with E-state index in [1.165, 1.54) is 0 Å². The van der Waals surface area contributed by atoms with Crippen molar-refractivity contribution in [2.75, 3.05) is 26.3 Å². The number of carbonyl (C=O) groups excluding carboxylic acids is 1. The third kappa shape index (κ3) is 3.83. The average Bonchev–Trinajstić information content (AvgIpc) is 2.74. The van der Waals surface area contributed by atoms with E-state index in [1.807, 2.05) is 48.9 Å². The first-order valence-electron chi connectivity index (χ1n) is 8.18. The number of ether oxygens (including phenoxy) is 1. The van der Waals surface area contributed by atoms with Gasteiger partial charge in [-0.05, 0) is 37.6 Å². The van der Waals surface area contributed by atoms with Crippen LogP contribution in [0.1, 0.15) is 27.3 Å².